The van der Waals surface area contributed by atoms with Gasteiger partial charge in [-0.1, -0.05) is 22.0 Å². The molecular formula is C13H16BrN3O2S. The fraction of sp³-hybridized carbons (Fsp3) is 0.385. The van der Waals surface area contributed by atoms with Crippen molar-refractivity contribution in [2.45, 2.75) is 31.9 Å². The van der Waals surface area contributed by atoms with Gasteiger partial charge in [-0.05, 0) is 50.2 Å². The van der Waals surface area contributed by atoms with Crippen molar-refractivity contribution in [1.82, 2.24) is 16.2 Å². The van der Waals surface area contributed by atoms with Crippen LogP contribution in [-0.4, -0.2) is 23.2 Å². The topological polar surface area (TPSA) is 62.4 Å². The predicted octanol–water partition coefficient (Wildman–Crippen LogP) is 1.87. The van der Waals surface area contributed by atoms with Gasteiger partial charge in [0.25, 0.3) is 5.91 Å². The van der Waals surface area contributed by atoms with Crippen LogP contribution in [0.3, 0.4) is 0 Å². The number of rotatable bonds is 4. The zero-order chi connectivity index (χ0) is 14.5. The second-order valence-electron chi connectivity index (χ2n) is 4.58. The van der Waals surface area contributed by atoms with Crippen LogP contribution in [-0.2, 0) is 4.79 Å². The molecule has 20 heavy (non-hydrogen) atoms. The Morgan fingerprint density at radius 3 is 2.85 bits per heavy atom. The van der Waals surface area contributed by atoms with Crippen LogP contribution in [0.5, 0.6) is 5.75 Å². The lowest BCUT2D eigenvalue weighted by molar-refractivity contribution is -0.127. The summed E-state index contributed by atoms with van der Waals surface area (Å²) >= 11 is 8.39. The van der Waals surface area contributed by atoms with Crippen molar-refractivity contribution in [1.29, 1.82) is 0 Å². The number of ether oxygens (including phenoxy) is 1. The first-order valence-corrected chi connectivity index (χ1v) is 7.53. The van der Waals surface area contributed by atoms with Gasteiger partial charge in [-0.3, -0.25) is 15.6 Å². The van der Waals surface area contributed by atoms with E-state index in [2.05, 4.69) is 32.1 Å². The molecule has 0 radical (unpaired) electrons. The molecule has 0 saturated heterocycles. The second kappa shape index (κ2) is 6.90. The Morgan fingerprint density at radius 2 is 2.20 bits per heavy atom. The van der Waals surface area contributed by atoms with E-state index in [0.29, 0.717) is 16.9 Å². The molecule has 7 heteroatoms. The number of benzene rings is 1. The summed E-state index contributed by atoms with van der Waals surface area (Å²) in [6.45, 7) is 1.68. The van der Waals surface area contributed by atoms with Crippen LogP contribution >= 0.6 is 28.1 Å². The van der Waals surface area contributed by atoms with E-state index >= 15 is 0 Å². The SMILES string of the molecule is C[C@@H](Oc1cccc(Br)c1)C(=O)NNC(=S)NC1CC1. The van der Waals surface area contributed by atoms with Crippen molar-refractivity contribution in [3.05, 3.63) is 28.7 Å². The lowest BCUT2D eigenvalue weighted by Crippen LogP contribution is -2.50. The third-order valence-electron chi connectivity index (χ3n) is 2.69. The number of hydrazine groups is 1. The van der Waals surface area contributed by atoms with Gasteiger partial charge in [0, 0.05) is 10.5 Å². The summed E-state index contributed by atoms with van der Waals surface area (Å²) in [5, 5.41) is 3.49. The number of hydrogen-bond donors (Lipinski definition) is 3. The fourth-order valence-electron chi connectivity index (χ4n) is 1.47. The molecule has 5 nitrogen and oxygen atoms in total. The summed E-state index contributed by atoms with van der Waals surface area (Å²) in [6, 6.07) is 7.78. The van der Waals surface area contributed by atoms with Crippen molar-refractivity contribution in [2.75, 3.05) is 0 Å². The maximum Gasteiger partial charge on any atom is 0.279 e. The van der Waals surface area contributed by atoms with Gasteiger partial charge in [-0.25, -0.2) is 0 Å². The molecule has 1 aliphatic rings. The quantitative estimate of drug-likeness (QED) is 0.567. The maximum absolute atomic E-state index is 11.8. The Labute approximate surface area is 131 Å². The summed E-state index contributed by atoms with van der Waals surface area (Å²) in [6.07, 6.45) is 1.62. The minimum atomic E-state index is -0.625. The summed E-state index contributed by atoms with van der Waals surface area (Å²) in [4.78, 5) is 11.8. The molecule has 1 fully saturated rings. The molecule has 1 aromatic rings. The van der Waals surface area contributed by atoms with E-state index in [1.54, 1.807) is 19.1 Å². The minimum absolute atomic E-state index is 0.287. The van der Waals surface area contributed by atoms with E-state index in [9.17, 15) is 4.79 Å². The lowest BCUT2D eigenvalue weighted by Gasteiger charge is -2.16. The average molecular weight is 358 g/mol. The molecule has 0 aliphatic heterocycles. The molecule has 0 heterocycles. The second-order valence-corrected chi connectivity index (χ2v) is 5.90. The van der Waals surface area contributed by atoms with Crippen LogP contribution < -0.4 is 20.9 Å². The lowest BCUT2D eigenvalue weighted by atomic mass is 10.3. The van der Waals surface area contributed by atoms with Crippen molar-refractivity contribution in [2.24, 2.45) is 0 Å². The molecule has 1 amide bonds. The van der Waals surface area contributed by atoms with E-state index in [-0.39, 0.29) is 5.91 Å². The van der Waals surface area contributed by atoms with Gasteiger partial charge >= 0.3 is 0 Å². The maximum atomic E-state index is 11.8. The normalized spacial score (nSPS) is 15.1. The highest BCUT2D eigenvalue weighted by atomic mass is 79.9. The first kappa shape index (κ1) is 15.1. The van der Waals surface area contributed by atoms with Crippen LogP contribution in [0.15, 0.2) is 28.7 Å². The molecule has 0 bridgehead atoms. The highest BCUT2D eigenvalue weighted by molar-refractivity contribution is 9.10. The van der Waals surface area contributed by atoms with Crippen molar-refractivity contribution < 1.29 is 9.53 Å². The van der Waals surface area contributed by atoms with E-state index in [1.807, 2.05) is 12.1 Å². The number of hydrogen-bond acceptors (Lipinski definition) is 3. The summed E-state index contributed by atoms with van der Waals surface area (Å²) < 4.78 is 6.44. The molecule has 0 unspecified atom stereocenters. The Bertz CT molecular complexity index is 508. The van der Waals surface area contributed by atoms with Gasteiger partial charge in [0.1, 0.15) is 5.75 Å². The average Bonchev–Trinajstić information content (AvgIpc) is 3.19. The Balaban J connectivity index is 1.74. The monoisotopic (exact) mass is 357 g/mol. The first-order chi connectivity index (χ1) is 9.54. The predicted molar refractivity (Wildman–Crippen MR) is 84.3 cm³/mol. The number of thiocarbonyl (C=S) groups is 1. The smallest absolute Gasteiger partial charge is 0.279 e. The van der Waals surface area contributed by atoms with Crippen LogP contribution in [0.25, 0.3) is 0 Å². The van der Waals surface area contributed by atoms with Gasteiger partial charge in [0.05, 0.1) is 0 Å². The fourth-order valence-corrected chi connectivity index (χ4v) is 2.06. The minimum Gasteiger partial charge on any atom is -0.481 e. The summed E-state index contributed by atoms with van der Waals surface area (Å²) in [7, 11) is 0. The highest BCUT2D eigenvalue weighted by Gasteiger charge is 2.22. The third kappa shape index (κ3) is 4.97. The van der Waals surface area contributed by atoms with Crippen molar-refractivity contribution in [3.8, 4) is 5.75 Å². The van der Waals surface area contributed by atoms with Gasteiger partial charge in [-0.2, -0.15) is 0 Å². The number of nitrogens with one attached hydrogen (secondary N) is 3. The third-order valence-corrected chi connectivity index (χ3v) is 3.40. The highest BCUT2D eigenvalue weighted by Crippen LogP contribution is 2.19. The van der Waals surface area contributed by atoms with Crippen LogP contribution in [0, 0.1) is 0 Å². The summed E-state index contributed by atoms with van der Waals surface area (Å²) in [5.74, 6) is 0.339. The summed E-state index contributed by atoms with van der Waals surface area (Å²) in [5.41, 5.74) is 5.18. The van der Waals surface area contributed by atoms with Gasteiger partial charge < -0.3 is 10.1 Å². The van der Waals surface area contributed by atoms with Gasteiger partial charge in [0.15, 0.2) is 11.2 Å². The van der Waals surface area contributed by atoms with E-state index < -0.39 is 6.10 Å². The van der Waals surface area contributed by atoms with Crippen LogP contribution in [0.4, 0.5) is 0 Å². The molecule has 108 valence electrons. The number of carbonyl (C=O) groups excluding carboxylic acids is 1. The standard InChI is InChI=1S/C13H16BrN3O2S/c1-8(19-11-4-2-3-9(14)7-11)12(18)16-17-13(20)15-10-5-6-10/h2-4,7-8,10H,5-6H2,1H3,(H,16,18)(H2,15,17,20)/t8-/m1/s1. The Kier molecular flexibility index (Phi) is 5.19. The van der Waals surface area contributed by atoms with Crippen molar-refractivity contribution >= 4 is 39.2 Å². The molecule has 0 aromatic heterocycles. The van der Waals surface area contributed by atoms with E-state index in [0.717, 1.165) is 17.3 Å². The molecule has 1 saturated carbocycles. The van der Waals surface area contributed by atoms with Gasteiger partial charge in [-0.15, -0.1) is 0 Å². The van der Waals surface area contributed by atoms with Crippen molar-refractivity contribution in [3.63, 3.8) is 0 Å². The zero-order valence-electron chi connectivity index (χ0n) is 11.0. The first-order valence-electron chi connectivity index (χ1n) is 6.33. The van der Waals surface area contributed by atoms with E-state index in [1.165, 1.54) is 0 Å². The molecule has 2 rings (SSSR count). The number of halogens is 1. The van der Waals surface area contributed by atoms with E-state index in [4.69, 9.17) is 17.0 Å². The molecule has 1 atom stereocenters. The largest absolute Gasteiger partial charge is 0.481 e. The Hall–Kier alpha value is -1.34. The molecule has 0 spiro atoms. The Morgan fingerprint density at radius 1 is 1.45 bits per heavy atom. The zero-order valence-corrected chi connectivity index (χ0v) is 13.4. The van der Waals surface area contributed by atoms with Crippen LogP contribution in [0.2, 0.25) is 0 Å². The number of carbonyl (C=O) groups is 1. The van der Waals surface area contributed by atoms with Crippen LogP contribution in [0.1, 0.15) is 19.8 Å². The molecule has 1 aromatic carbocycles. The molecular weight excluding hydrogens is 342 g/mol. The molecule has 3 N–H and O–H groups in total. The molecule has 1 aliphatic carbocycles. The number of amides is 1. The van der Waals surface area contributed by atoms with Gasteiger partial charge in [0.2, 0.25) is 0 Å².